The lowest BCUT2D eigenvalue weighted by Crippen LogP contribution is -2.17. The van der Waals surface area contributed by atoms with Crippen LogP contribution in [0.1, 0.15) is 11.1 Å². The fraction of sp³-hybridized carbons (Fsp3) is 0.250. The molecule has 0 amide bonds. The highest BCUT2D eigenvalue weighted by Crippen LogP contribution is 2.36. The van der Waals surface area contributed by atoms with Crippen molar-refractivity contribution in [3.8, 4) is 5.75 Å². The van der Waals surface area contributed by atoms with E-state index in [4.69, 9.17) is 4.74 Å². The van der Waals surface area contributed by atoms with Crippen LogP contribution in [-0.4, -0.2) is 16.7 Å². The van der Waals surface area contributed by atoms with Crippen LogP contribution >= 0.6 is 0 Å². The Bertz CT molecular complexity index is 628. The number of ether oxygens (including phenoxy) is 1. The van der Waals surface area contributed by atoms with Crippen LogP contribution < -0.4 is 10.4 Å². The van der Waals surface area contributed by atoms with E-state index in [-0.39, 0.29) is 18.0 Å². The fourth-order valence-corrected chi connectivity index (χ4v) is 1.75. The maximum atomic E-state index is 12.8. The van der Waals surface area contributed by atoms with Crippen molar-refractivity contribution in [3.05, 3.63) is 52.2 Å². The van der Waals surface area contributed by atoms with Gasteiger partial charge in [0.2, 0.25) is 0 Å². The highest BCUT2D eigenvalue weighted by molar-refractivity contribution is 5.39. The number of hydrogen-bond acceptors (Lipinski definition) is 2. The summed E-state index contributed by atoms with van der Waals surface area (Å²) >= 11 is 0. The van der Waals surface area contributed by atoms with Gasteiger partial charge in [0.25, 0.3) is 0 Å². The molecule has 1 heterocycles. The van der Waals surface area contributed by atoms with Gasteiger partial charge in [-0.3, -0.25) is 4.57 Å². The highest BCUT2D eigenvalue weighted by atomic mass is 19.4. The van der Waals surface area contributed by atoms with Gasteiger partial charge in [-0.2, -0.15) is 13.2 Å². The molecule has 2 aromatic rings. The molecule has 102 valence electrons. The molecule has 19 heavy (non-hydrogen) atoms. The van der Waals surface area contributed by atoms with E-state index in [1.54, 1.807) is 0 Å². The van der Waals surface area contributed by atoms with E-state index in [0.717, 1.165) is 6.07 Å². The van der Waals surface area contributed by atoms with Crippen molar-refractivity contribution in [1.29, 1.82) is 0 Å². The Kier molecular flexibility index (Phi) is 3.37. The van der Waals surface area contributed by atoms with Crippen molar-refractivity contribution < 1.29 is 17.9 Å². The zero-order valence-corrected chi connectivity index (χ0v) is 9.99. The van der Waals surface area contributed by atoms with Gasteiger partial charge < -0.3 is 9.72 Å². The molecule has 0 aliphatic carbocycles. The number of nitrogens with one attached hydrogen (secondary N) is 1. The number of imidazole rings is 1. The standard InChI is InChI=1S/C12H11F3N2O2/c1-19-10-3-2-8(6-9(10)12(13,14)15)7-17-5-4-16-11(17)18/h2-6H,7H2,1H3,(H,16,18). The van der Waals surface area contributed by atoms with Crippen molar-refractivity contribution in [2.45, 2.75) is 12.7 Å². The number of benzene rings is 1. The van der Waals surface area contributed by atoms with Crippen molar-refractivity contribution in [2.24, 2.45) is 0 Å². The number of nitrogens with zero attached hydrogens (tertiary/aromatic N) is 1. The lowest BCUT2D eigenvalue weighted by Gasteiger charge is -2.13. The Hall–Kier alpha value is -2.18. The minimum absolute atomic E-state index is 0.0649. The third-order valence-corrected chi connectivity index (χ3v) is 2.64. The lowest BCUT2D eigenvalue weighted by atomic mass is 10.1. The summed E-state index contributed by atoms with van der Waals surface area (Å²) in [4.78, 5) is 13.7. The Balaban J connectivity index is 2.38. The van der Waals surface area contributed by atoms with Gasteiger partial charge in [-0.15, -0.1) is 0 Å². The van der Waals surface area contributed by atoms with Crippen LogP contribution in [-0.2, 0) is 12.7 Å². The first-order chi connectivity index (χ1) is 8.91. The number of aromatic nitrogens is 2. The summed E-state index contributed by atoms with van der Waals surface area (Å²) in [6.07, 6.45) is -1.60. The van der Waals surface area contributed by atoms with E-state index in [9.17, 15) is 18.0 Å². The quantitative estimate of drug-likeness (QED) is 0.931. The van der Waals surface area contributed by atoms with Gasteiger partial charge in [0.05, 0.1) is 19.2 Å². The monoisotopic (exact) mass is 272 g/mol. The molecule has 2 rings (SSSR count). The maximum absolute atomic E-state index is 12.8. The topological polar surface area (TPSA) is 47.0 Å². The zero-order valence-electron chi connectivity index (χ0n) is 9.99. The minimum Gasteiger partial charge on any atom is -0.496 e. The van der Waals surface area contributed by atoms with Gasteiger partial charge in [-0.25, -0.2) is 4.79 Å². The molecule has 0 aliphatic heterocycles. The molecule has 0 unspecified atom stereocenters. The average Bonchev–Trinajstić information content (AvgIpc) is 2.74. The maximum Gasteiger partial charge on any atom is 0.419 e. The number of alkyl halides is 3. The van der Waals surface area contributed by atoms with E-state index >= 15 is 0 Å². The Morgan fingerprint density at radius 3 is 2.63 bits per heavy atom. The van der Waals surface area contributed by atoms with Crippen molar-refractivity contribution >= 4 is 0 Å². The minimum atomic E-state index is -4.50. The molecule has 1 aromatic heterocycles. The molecule has 0 saturated heterocycles. The average molecular weight is 272 g/mol. The first-order valence-corrected chi connectivity index (χ1v) is 5.40. The van der Waals surface area contributed by atoms with Crippen molar-refractivity contribution in [3.63, 3.8) is 0 Å². The molecule has 1 N–H and O–H groups in total. The smallest absolute Gasteiger partial charge is 0.419 e. The van der Waals surface area contributed by atoms with Crippen LogP contribution in [0, 0.1) is 0 Å². The van der Waals surface area contributed by atoms with E-state index < -0.39 is 11.7 Å². The second-order valence-corrected chi connectivity index (χ2v) is 3.93. The predicted molar refractivity (Wildman–Crippen MR) is 62.2 cm³/mol. The van der Waals surface area contributed by atoms with Gasteiger partial charge >= 0.3 is 11.9 Å². The van der Waals surface area contributed by atoms with Crippen molar-refractivity contribution in [2.75, 3.05) is 7.11 Å². The van der Waals surface area contributed by atoms with Gasteiger partial charge in [-0.1, -0.05) is 6.07 Å². The molecule has 0 radical (unpaired) electrons. The number of hydrogen-bond donors (Lipinski definition) is 1. The van der Waals surface area contributed by atoms with E-state index in [1.165, 1.54) is 36.2 Å². The number of methoxy groups -OCH3 is 1. The molecular formula is C12H11F3N2O2. The van der Waals surface area contributed by atoms with Gasteiger partial charge in [0, 0.05) is 12.4 Å². The molecular weight excluding hydrogens is 261 g/mol. The van der Waals surface area contributed by atoms with Gasteiger partial charge in [0.15, 0.2) is 0 Å². The number of aromatic amines is 1. The highest BCUT2D eigenvalue weighted by Gasteiger charge is 2.34. The molecule has 0 aliphatic rings. The summed E-state index contributed by atoms with van der Waals surface area (Å²) in [5.74, 6) is -0.238. The summed E-state index contributed by atoms with van der Waals surface area (Å²) in [5.41, 5.74) is -0.852. The van der Waals surface area contributed by atoms with Crippen LogP contribution in [0.2, 0.25) is 0 Å². The molecule has 0 atom stereocenters. The predicted octanol–water partition coefficient (Wildman–Crippen LogP) is 2.25. The van der Waals surface area contributed by atoms with E-state index in [2.05, 4.69) is 4.98 Å². The number of rotatable bonds is 3. The number of H-pyrrole nitrogens is 1. The summed E-state index contributed by atoms with van der Waals surface area (Å²) in [7, 11) is 1.18. The summed E-state index contributed by atoms with van der Waals surface area (Å²) in [6, 6.07) is 3.72. The normalized spacial score (nSPS) is 11.6. The second-order valence-electron chi connectivity index (χ2n) is 3.93. The van der Waals surface area contributed by atoms with Crippen molar-refractivity contribution in [1.82, 2.24) is 9.55 Å². The third kappa shape index (κ3) is 2.81. The van der Waals surface area contributed by atoms with Crippen LogP contribution in [0.25, 0.3) is 0 Å². The van der Waals surface area contributed by atoms with E-state index in [1.807, 2.05) is 0 Å². The largest absolute Gasteiger partial charge is 0.496 e. The SMILES string of the molecule is COc1ccc(Cn2cc[nH]c2=O)cc1C(F)(F)F. The van der Waals surface area contributed by atoms with Gasteiger partial charge in [-0.05, 0) is 17.7 Å². The lowest BCUT2D eigenvalue weighted by molar-refractivity contribution is -0.138. The fourth-order valence-electron chi connectivity index (χ4n) is 1.75. The summed E-state index contributed by atoms with van der Waals surface area (Å²) < 4.78 is 44.4. The van der Waals surface area contributed by atoms with E-state index in [0.29, 0.717) is 5.56 Å². The second kappa shape index (κ2) is 4.83. The number of halogens is 3. The van der Waals surface area contributed by atoms with Crippen LogP contribution in [0.15, 0.2) is 35.4 Å². The molecule has 4 nitrogen and oxygen atoms in total. The zero-order chi connectivity index (χ0) is 14.0. The first-order valence-electron chi connectivity index (χ1n) is 5.40. The van der Waals surface area contributed by atoms with Gasteiger partial charge in [0.1, 0.15) is 5.75 Å². The molecule has 7 heteroatoms. The summed E-state index contributed by atoms with van der Waals surface area (Å²) in [6.45, 7) is 0.0649. The van der Waals surface area contributed by atoms with Crippen LogP contribution in [0.4, 0.5) is 13.2 Å². The molecule has 1 aromatic carbocycles. The molecule has 0 saturated carbocycles. The Labute approximate surface area is 106 Å². The first kappa shape index (κ1) is 13.3. The van der Waals surface area contributed by atoms with Crippen LogP contribution in [0.5, 0.6) is 5.75 Å². The Morgan fingerprint density at radius 1 is 1.37 bits per heavy atom. The molecule has 0 bridgehead atoms. The Morgan fingerprint density at radius 2 is 2.11 bits per heavy atom. The molecule has 0 spiro atoms. The molecule has 0 fully saturated rings. The third-order valence-electron chi connectivity index (χ3n) is 2.64. The summed E-state index contributed by atoms with van der Waals surface area (Å²) in [5, 5.41) is 0. The van der Waals surface area contributed by atoms with Crippen LogP contribution in [0.3, 0.4) is 0 Å².